The van der Waals surface area contributed by atoms with Crippen molar-refractivity contribution in [2.24, 2.45) is 16.6 Å². The zero-order valence-corrected chi connectivity index (χ0v) is 19.5. The maximum Gasteiger partial charge on any atom is 0.284 e. The molecule has 0 aromatic heterocycles. The molecular formula is C24H35FN4O3. The van der Waals surface area contributed by atoms with Crippen molar-refractivity contribution in [3.63, 3.8) is 0 Å². The Morgan fingerprint density at radius 2 is 2.03 bits per heavy atom. The Bertz CT molecular complexity index is 889. The second kappa shape index (κ2) is 12.2. The molecule has 0 radical (unpaired) electrons. The Hall–Kier alpha value is -2.90. The van der Waals surface area contributed by atoms with Crippen molar-refractivity contribution < 1.29 is 18.7 Å². The van der Waals surface area contributed by atoms with Gasteiger partial charge in [-0.3, -0.25) is 14.6 Å². The van der Waals surface area contributed by atoms with Crippen LogP contribution in [-0.2, 0) is 9.59 Å². The molecule has 176 valence electrons. The highest BCUT2D eigenvalue weighted by molar-refractivity contribution is 6.37. The summed E-state index contributed by atoms with van der Waals surface area (Å²) in [6.45, 7) is 6.30. The molecule has 0 spiro atoms. The fourth-order valence-electron chi connectivity index (χ4n) is 3.82. The van der Waals surface area contributed by atoms with Gasteiger partial charge in [0.1, 0.15) is 11.4 Å². The summed E-state index contributed by atoms with van der Waals surface area (Å²) in [6.07, 6.45) is 7.47. The number of amides is 2. The number of hydrogen-bond acceptors (Lipinski definition) is 4. The van der Waals surface area contributed by atoms with E-state index in [1.54, 1.807) is 20.0 Å². The second-order valence-electron chi connectivity index (χ2n) is 8.30. The zero-order valence-electron chi connectivity index (χ0n) is 19.5. The van der Waals surface area contributed by atoms with E-state index in [0.29, 0.717) is 12.4 Å². The van der Waals surface area contributed by atoms with Crippen LogP contribution in [-0.4, -0.2) is 31.3 Å². The van der Waals surface area contributed by atoms with E-state index in [9.17, 15) is 14.0 Å². The van der Waals surface area contributed by atoms with Crippen LogP contribution in [0.3, 0.4) is 0 Å². The number of hydrogen-bond donors (Lipinski definition) is 3. The SMILES string of the molecule is CCC(C)=C(CC1CCCC1)NC(=NC)C(N)=O.Cc1cc(F)c2c(c1)OCCC(=O)N2. The number of aryl methyl sites for hydroxylation is 1. The first-order valence-electron chi connectivity index (χ1n) is 11.2. The van der Waals surface area contributed by atoms with Crippen molar-refractivity contribution in [3.8, 4) is 5.75 Å². The average Bonchev–Trinajstić information content (AvgIpc) is 3.18. The van der Waals surface area contributed by atoms with Crippen molar-refractivity contribution in [1.29, 1.82) is 0 Å². The van der Waals surface area contributed by atoms with Crippen LogP contribution < -0.4 is 21.1 Å². The average molecular weight is 447 g/mol. The zero-order chi connectivity index (χ0) is 23.7. The van der Waals surface area contributed by atoms with Gasteiger partial charge in [-0.15, -0.1) is 0 Å². The lowest BCUT2D eigenvalue weighted by Gasteiger charge is -2.18. The third-order valence-corrected chi connectivity index (χ3v) is 5.79. The number of carbonyl (C=O) groups excluding carboxylic acids is 2. The highest BCUT2D eigenvalue weighted by Crippen LogP contribution is 2.31. The molecule has 4 N–H and O–H groups in total. The number of ether oxygens (including phenoxy) is 1. The van der Waals surface area contributed by atoms with Gasteiger partial charge in [0.2, 0.25) is 5.91 Å². The van der Waals surface area contributed by atoms with Gasteiger partial charge < -0.3 is 21.1 Å². The first kappa shape index (κ1) is 25.4. The molecule has 1 aromatic carbocycles. The monoisotopic (exact) mass is 446 g/mol. The van der Waals surface area contributed by atoms with Gasteiger partial charge in [-0.1, -0.05) is 38.2 Å². The van der Waals surface area contributed by atoms with E-state index in [1.807, 2.05) is 0 Å². The first-order valence-corrected chi connectivity index (χ1v) is 11.2. The van der Waals surface area contributed by atoms with Gasteiger partial charge in [0, 0.05) is 12.7 Å². The van der Waals surface area contributed by atoms with Gasteiger partial charge >= 0.3 is 0 Å². The lowest BCUT2D eigenvalue weighted by atomic mass is 9.98. The molecule has 1 aromatic rings. The van der Waals surface area contributed by atoms with Crippen LogP contribution in [0.4, 0.5) is 10.1 Å². The molecule has 2 aliphatic rings. The van der Waals surface area contributed by atoms with Crippen molar-refractivity contribution >= 4 is 23.3 Å². The van der Waals surface area contributed by atoms with E-state index in [1.165, 1.54) is 37.3 Å². The number of aliphatic imine (C=N–C) groups is 1. The van der Waals surface area contributed by atoms with Gasteiger partial charge in [-0.05, 0) is 50.3 Å². The number of allylic oxidation sites excluding steroid dienone is 2. The smallest absolute Gasteiger partial charge is 0.284 e. The molecule has 8 heteroatoms. The lowest BCUT2D eigenvalue weighted by Crippen LogP contribution is -2.36. The number of nitrogens with two attached hydrogens (primary N) is 1. The maximum atomic E-state index is 13.4. The Morgan fingerprint density at radius 3 is 2.62 bits per heavy atom. The molecule has 1 heterocycles. The van der Waals surface area contributed by atoms with Gasteiger partial charge in [-0.2, -0.15) is 0 Å². The molecule has 1 fully saturated rings. The van der Waals surface area contributed by atoms with E-state index in [2.05, 4.69) is 29.5 Å². The molecule has 2 amide bonds. The number of nitrogens with zero attached hydrogens (tertiary/aromatic N) is 1. The van der Waals surface area contributed by atoms with Crippen LogP contribution in [0, 0.1) is 18.7 Å². The number of amidine groups is 1. The summed E-state index contributed by atoms with van der Waals surface area (Å²) in [5, 5.41) is 5.61. The van der Waals surface area contributed by atoms with Crippen LogP contribution in [0.2, 0.25) is 0 Å². The third-order valence-electron chi connectivity index (χ3n) is 5.79. The molecule has 1 aliphatic carbocycles. The van der Waals surface area contributed by atoms with Crippen LogP contribution in [0.15, 0.2) is 28.4 Å². The number of primary amides is 1. The van der Waals surface area contributed by atoms with E-state index in [-0.39, 0.29) is 23.9 Å². The lowest BCUT2D eigenvalue weighted by molar-refractivity contribution is -0.116. The highest BCUT2D eigenvalue weighted by atomic mass is 19.1. The van der Waals surface area contributed by atoms with Crippen molar-refractivity contribution in [2.45, 2.75) is 65.7 Å². The Kier molecular flexibility index (Phi) is 9.68. The number of rotatable bonds is 4. The van der Waals surface area contributed by atoms with E-state index in [0.717, 1.165) is 30.0 Å². The van der Waals surface area contributed by atoms with Crippen LogP contribution in [0.1, 0.15) is 64.4 Å². The van der Waals surface area contributed by atoms with Crippen LogP contribution >= 0.6 is 0 Å². The van der Waals surface area contributed by atoms with Gasteiger partial charge in [0.05, 0.1) is 13.0 Å². The molecule has 0 atom stereocenters. The van der Waals surface area contributed by atoms with Crippen LogP contribution in [0.5, 0.6) is 5.75 Å². The number of nitrogens with one attached hydrogen (secondary N) is 2. The van der Waals surface area contributed by atoms with E-state index < -0.39 is 11.7 Å². The molecular weight excluding hydrogens is 411 g/mol. The van der Waals surface area contributed by atoms with Crippen molar-refractivity contribution in [1.82, 2.24) is 5.32 Å². The minimum atomic E-state index is -0.495. The third kappa shape index (κ3) is 7.35. The number of anilines is 1. The summed E-state index contributed by atoms with van der Waals surface area (Å²) in [6, 6.07) is 3.08. The summed E-state index contributed by atoms with van der Waals surface area (Å²) in [4.78, 5) is 26.3. The van der Waals surface area contributed by atoms with Crippen LogP contribution in [0.25, 0.3) is 0 Å². The maximum absolute atomic E-state index is 13.4. The molecule has 1 saturated carbocycles. The summed E-state index contributed by atoms with van der Waals surface area (Å²) < 4.78 is 18.6. The Labute approximate surface area is 189 Å². The largest absolute Gasteiger partial charge is 0.491 e. The molecule has 0 bridgehead atoms. The Balaban J connectivity index is 0.000000233. The number of fused-ring (bicyclic) bond motifs is 1. The fourth-order valence-corrected chi connectivity index (χ4v) is 3.82. The quantitative estimate of drug-likeness (QED) is 0.476. The molecule has 7 nitrogen and oxygen atoms in total. The number of benzene rings is 1. The first-order chi connectivity index (χ1) is 15.2. The summed E-state index contributed by atoms with van der Waals surface area (Å²) >= 11 is 0. The normalized spacial score (nSPS) is 17.2. The minimum absolute atomic E-state index is 0.151. The fraction of sp³-hybridized carbons (Fsp3) is 0.542. The molecule has 0 unspecified atom stereocenters. The van der Waals surface area contributed by atoms with E-state index in [4.69, 9.17) is 10.5 Å². The summed E-state index contributed by atoms with van der Waals surface area (Å²) in [5.41, 5.74) is 8.63. The van der Waals surface area contributed by atoms with E-state index >= 15 is 0 Å². The van der Waals surface area contributed by atoms with Crippen molar-refractivity contribution in [2.75, 3.05) is 19.0 Å². The summed E-state index contributed by atoms with van der Waals surface area (Å²) in [5.74, 6) is 0.246. The topological polar surface area (TPSA) is 106 Å². The summed E-state index contributed by atoms with van der Waals surface area (Å²) in [7, 11) is 1.58. The number of carbonyl (C=O) groups is 2. The van der Waals surface area contributed by atoms with Gasteiger partial charge in [0.15, 0.2) is 11.7 Å². The highest BCUT2D eigenvalue weighted by Gasteiger charge is 2.19. The number of halogens is 1. The molecule has 1 aliphatic heterocycles. The molecule has 0 saturated heterocycles. The van der Waals surface area contributed by atoms with Gasteiger partial charge in [0.25, 0.3) is 5.91 Å². The molecule has 3 rings (SSSR count). The van der Waals surface area contributed by atoms with Gasteiger partial charge in [-0.25, -0.2) is 4.39 Å². The molecule has 32 heavy (non-hydrogen) atoms. The predicted octanol–water partition coefficient (Wildman–Crippen LogP) is 4.21. The predicted molar refractivity (Wildman–Crippen MR) is 125 cm³/mol. The van der Waals surface area contributed by atoms with Crippen molar-refractivity contribution in [3.05, 3.63) is 34.8 Å². The standard InChI is InChI=1S/C14H25N3O.C10H10FNO2/c1-4-10(2)12(9-11-7-5-6-8-11)17-14(16-3)13(15)18;1-6-4-7(11)10-8(5-6)14-3-2-9(13)12-10/h11H,4-9H2,1-3H3,(H2,15,18)(H,16,17);4-5H,2-3H2,1H3,(H,12,13). The Morgan fingerprint density at radius 1 is 1.34 bits per heavy atom. The minimum Gasteiger partial charge on any atom is -0.491 e. The second-order valence-corrected chi connectivity index (χ2v) is 8.30.